The molecule has 2 N–H and O–H groups in total. The summed E-state index contributed by atoms with van der Waals surface area (Å²) in [7, 11) is 0. The Morgan fingerprint density at radius 1 is 1.53 bits per heavy atom. The summed E-state index contributed by atoms with van der Waals surface area (Å²) < 4.78 is 0. The van der Waals surface area contributed by atoms with E-state index in [-0.39, 0.29) is 11.3 Å². The molecule has 0 aromatic heterocycles. The third kappa shape index (κ3) is 3.44. The lowest BCUT2D eigenvalue weighted by Crippen LogP contribution is -2.10. The summed E-state index contributed by atoms with van der Waals surface area (Å²) in [4.78, 5) is 20.9. The summed E-state index contributed by atoms with van der Waals surface area (Å²) in [6.45, 7) is 4.54. The molecule has 6 nitrogen and oxygen atoms in total. The van der Waals surface area contributed by atoms with Gasteiger partial charge >= 0.3 is 5.97 Å². The normalized spacial score (nSPS) is 10.3. The molecule has 0 spiro atoms. The molecule has 6 heteroatoms. The third-order valence-corrected chi connectivity index (χ3v) is 2.14. The van der Waals surface area contributed by atoms with Crippen LogP contribution in [0.15, 0.2) is 18.2 Å². The minimum absolute atomic E-state index is 0.0909. The van der Waals surface area contributed by atoms with Crippen molar-refractivity contribution in [2.75, 3.05) is 11.9 Å². The molecular formula is C11H14N2O4. The van der Waals surface area contributed by atoms with Crippen molar-refractivity contribution < 1.29 is 14.8 Å². The van der Waals surface area contributed by atoms with Crippen LogP contribution in [0, 0.1) is 16.0 Å². The standard InChI is InChI=1S/C11H14N2O4/c1-7(2)6-12-9-4-3-8(11(14)15)5-10(9)13(16)17/h3-5,7,12H,6H2,1-2H3,(H,14,15). The molecule has 92 valence electrons. The zero-order valence-electron chi connectivity index (χ0n) is 9.64. The van der Waals surface area contributed by atoms with Crippen molar-refractivity contribution in [3.63, 3.8) is 0 Å². The van der Waals surface area contributed by atoms with E-state index in [0.29, 0.717) is 18.2 Å². The molecule has 0 amide bonds. The summed E-state index contributed by atoms with van der Waals surface area (Å²) in [5.74, 6) is -0.836. The number of carbonyl (C=O) groups is 1. The van der Waals surface area contributed by atoms with Crippen LogP contribution < -0.4 is 5.32 Å². The van der Waals surface area contributed by atoms with Gasteiger partial charge in [0.2, 0.25) is 0 Å². The Bertz CT molecular complexity index is 443. The minimum Gasteiger partial charge on any atom is -0.478 e. The van der Waals surface area contributed by atoms with Crippen LogP contribution in [0.25, 0.3) is 0 Å². The summed E-state index contributed by atoms with van der Waals surface area (Å²) in [5.41, 5.74) is 0.0334. The van der Waals surface area contributed by atoms with Gasteiger partial charge in [0.05, 0.1) is 10.5 Å². The highest BCUT2D eigenvalue weighted by Crippen LogP contribution is 2.25. The molecule has 17 heavy (non-hydrogen) atoms. The highest BCUT2D eigenvalue weighted by atomic mass is 16.6. The zero-order valence-corrected chi connectivity index (χ0v) is 9.64. The van der Waals surface area contributed by atoms with Gasteiger partial charge in [0.1, 0.15) is 5.69 Å². The maximum atomic E-state index is 10.8. The van der Waals surface area contributed by atoms with E-state index in [4.69, 9.17) is 5.11 Å². The van der Waals surface area contributed by atoms with Gasteiger partial charge in [-0.25, -0.2) is 4.79 Å². The van der Waals surface area contributed by atoms with Crippen molar-refractivity contribution in [2.24, 2.45) is 5.92 Å². The number of nitrogens with one attached hydrogen (secondary N) is 1. The summed E-state index contributed by atoms with van der Waals surface area (Å²) in [6, 6.07) is 3.83. The molecule has 1 rings (SSSR count). The van der Waals surface area contributed by atoms with E-state index in [9.17, 15) is 14.9 Å². The maximum Gasteiger partial charge on any atom is 0.335 e. The van der Waals surface area contributed by atoms with Crippen LogP contribution in [0.3, 0.4) is 0 Å². The van der Waals surface area contributed by atoms with E-state index >= 15 is 0 Å². The Kier molecular flexibility index (Phi) is 4.03. The number of hydrogen-bond donors (Lipinski definition) is 2. The van der Waals surface area contributed by atoms with Gasteiger partial charge in [-0.1, -0.05) is 13.8 Å². The lowest BCUT2D eigenvalue weighted by Gasteiger charge is -2.09. The summed E-state index contributed by atoms with van der Waals surface area (Å²) in [6.07, 6.45) is 0. The largest absolute Gasteiger partial charge is 0.478 e. The molecule has 0 aliphatic rings. The van der Waals surface area contributed by atoms with Crippen molar-refractivity contribution in [2.45, 2.75) is 13.8 Å². The molecular weight excluding hydrogens is 224 g/mol. The molecule has 0 unspecified atom stereocenters. The average Bonchev–Trinajstić information content (AvgIpc) is 2.25. The Morgan fingerprint density at radius 2 is 2.18 bits per heavy atom. The number of carboxylic acids is 1. The number of benzene rings is 1. The summed E-state index contributed by atoms with van der Waals surface area (Å²) in [5, 5.41) is 22.5. The van der Waals surface area contributed by atoms with Crippen LogP contribution in [0.4, 0.5) is 11.4 Å². The molecule has 0 aliphatic carbocycles. The van der Waals surface area contributed by atoms with E-state index in [1.807, 2.05) is 13.8 Å². The van der Waals surface area contributed by atoms with Crippen LogP contribution in [-0.4, -0.2) is 22.5 Å². The zero-order chi connectivity index (χ0) is 13.0. The number of carboxylic acid groups (broad SMARTS) is 1. The van der Waals surface area contributed by atoms with Crippen molar-refractivity contribution in [3.8, 4) is 0 Å². The van der Waals surface area contributed by atoms with E-state index < -0.39 is 10.9 Å². The SMILES string of the molecule is CC(C)CNc1ccc(C(=O)O)cc1[N+](=O)[O-]. The maximum absolute atomic E-state index is 10.8. The van der Waals surface area contributed by atoms with E-state index in [2.05, 4.69) is 5.32 Å². The fourth-order valence-corrected chi connectivity index (χ4v) is 1.28. The first-order chi connectivity index (χ1) is 7.91. The monoisotopic (exact) mass is 238 g/mol. The number of nitro groups is 1. The predicted octanol–water partition coefficient (Wildman–Crippen LogP) is 2.36. The highest BCUT2D eigenvalue weighted by Gasteiger charge is 2.17. The number of rotatable bonds is 5. The molecule has 0 bridgehead atoms. The molecule has 0 saturated carbocycles. The topological polar surface area (TPSA) is 92.5 Å². The molecule has 0 saturated heterocycles. The molecule has 0 aliphatic heterocycles. The van der Waals surface area contributed by atoms with Gasteiger partial charge in [0.15, 0.2) is 0 Å². The molecule has 0 atom stereocenters. The van der Waals surface area contributed by atoms with Crippen LogP contribution in [0.5, 0.6) is 0 Å². The van der Waals surface area contributed by atoms with Gasteiger partial charge in [-0.15, -0.1) is 0 Å². The van der Waals surface area contributed by atoms with Gasteiger partial charge in [0, 0.05) is 12.6 Å². The second-order valence-corrected chi connectivity index (χ2v) is 4.07. The number of aromatic carboxylic acids is 1. The number of hydrogen-bond acceptors (Lipinski definition) is 4. The Morgan fingerprint density at radius 3 is 2.65 bits per heavy atom. The average molecular weight is 238 g/mol. The molecule has 1 aromatic rings. The van der Waals surface area contributed by atoms with Crippen molar-refractivity contribution in [1.82, 2.24) is 0 Å². The second-order valence-electron chi connectivity index (χ2n) is 4.07. The van der Waals surface area contributed by atoms with Crippen molar-refractivity contribution in [3.05, 3.63) is 33.9 Å². The van der Waals surface area contributed by atoms with Crippen molar-refractivity contribution in [1.29, 1.82) is 0 Å². The molecule has 1 aromatic carbocycles. The van der Waals surface area contributed by atoms with E-state index in [0.717, 1.165) is 6.07 Å². The Hall–Kier alpha value is -2.11. The fraction of sp³-hybridized carbons (Fsp3) is 0.364. The second kappa shape index (κ2) is 5.29. The van der Waals surface area contributed by atoms with Crippen LogP contribution in [-0.2, 0) is 0 Å². The van der Waals surface area contributed by atoms with E-state index in [1.165, 1.54) is 12.1 Å². The first kappa shape index (κ1) is 13.0. The number of nitro benzene ring substituents is 1. The number of nitrogens with zero attached hydrogens (tertiary/aromatic N) is 1. The molecule has 0 fully saturated rings. The van der Waals surface area contributed by atoms with Crippen LogP contribution >= 0.6 is 0 Å². The fourth-order valence-electron chi connectivity index (χ4n) is 1.28. The lowest BCUT2D eigenvalue weighted by molar-refractivity contribution is -0.384. The smallest absolute Gasteiger partial charge is 0.335 e. The first-order valence-corrected chi connectivity index (χ1v) is 5.17. The highest BCUT2D eigenvalue weighted by molar-refractivity contribution is 5.89. The molecule has 0 radical (unpaired) electrons. The van der Waals surface area contributed by atoms with Crippen molar-refractivity contribution >= 4 is 17.3 Å². The predicted molar refractivity (Wildman–Crippen MR) is 63.4 cm³/mol. The first-order valence-electron chi connectivity index (χ1n) is 5.17. The number of anilines is 1. The minimum atomic E-state index is -1.18. The van der Waals surface area contributed by atoms with Crippen LogP contribution in [0.2, 0.25) is 0 Å². The van der Waals surface area contributed by atoms with Gasteiger partial charge in [0.25, 0.3) is 5.69 Å². The third-order valence-electron chi connectivity index (χ3n) is 2.14. The quantitative estimate of drug-likeness (QED) is 0.606. The van der Waals surface area contributed by atoms with Crippen LogP contribution in [0.1, 0.15) is 24.2 Å². The van der Waals surface area contributed by atoms with Gasteiger partial charge in [-0.3, -0.25) is 10.1 Å². The van der Waals surface area contributed by atoms with E-state index in [1.54, 1.807) is 0 Å². The van der Waals surface area contributed by atoms with Gasteiger partial charge < -0.3 is 10.4 Å². The van der Waals surface area contributed by atoms with Gasteiger partial charge in [-0.05, 0) is 18.1 Å². The molecule has 0 heterocycles. The lowest BCUT2D eigenvalue weighted by atomic mass is 10.1. The Balaban J connectivity index is 3.04. The van der Waals surface area contributed by atoms with Gasteiger partial charge in [-0.2, -0.15) is 0 Å². The Labute approximate surface area is 98.4 Å². The summed E-state index contributed by atoms with van der Waals surface area (Å²) >= 11 is 0.